The van der Waals surface area contributed by atoms with Crippen molar-refractivity contribution in [3.63, 3.8) is 0 Å². The smallest absolute Gasteiger partial charge is 0.0859 e. The molecule has 2 rings (SSSR count). The van der Waals surface area contributed by atoms with E-state index in [9.17, 15) is 0 Å². The van der Waals surface area contributed by atoms with E-state index in [2.05, 4.69) is 23.8 Å². The van der Waals surface area contributed by atoms with Crippen molar-refractivity contribution in [2.75, 3.05) is 0 Å². The molecule has 92 valence electrons. The highest BCUT2D eigenvalue weighted by atomic mass is 15.5. The third kappa shape index (κ3) is 2.84. The van der Waals surface area contributed by atoms with Gasteiger partial charge >= 0.3 is 0 Å². The Bertz CT molecular complexity index is 376. The van der Waals surface area contributed by atoms with Crippen molar-refractivity contribution in [2.45, 2.75) is 52.1 Å². The molecule has 0 aliphatic carbocycles. The minimum atomic E-state index is 0.539. The monoisotopic (exact) mass is 231 g/mol. The average molecular weight is 231 g/mol. The fourth-order valence-corrected chi connectivity index (χ4v) is 2.41. The van der Waals surface area contributed by atoms with Crippen molar-refractivity contribution in [3.8, 4) is 0 Å². The number of rotatable bonds is 2. The van der Waals surface area contributed by atoms with E-state index < -0.39 is 0 Å². The molecule has 1 fully saturated rings. The standard InChI is InChI=1S/C14H21N3/c1-11-7-6-8-12(2)17(11)16-13(3)14-9-4-5-10-15-14/h4-5,9-12H,6-8H2,1-3H3/b16-13+/t11-,12+. The zero-order valence-electron chi connectivity index (χ0n) is 10.9. The summed E-state index contributed by atoms with van der Waals surface area (Å²) >= 11 is 0. The summed E-state index contributed by atoms with van der Waals surface area (Å²) in [6.45, 7) is 6.55. The molecule has 0 aromatic carbocycles. The summed E-state index contributed by atoms with van der Waals surface area (Å²) in [6, 6.07) is 7.03. The predicted octanol–water partition coefficient (Wildman–Crippen LogP) is 3.07. The van der Waals surface area contributed by atoms with E-state index >= 15 is 0 Å². The van der Waals surface area contributed by atoms with Gasteiger partial charge in [0.15, 0.2) is 0 Å². The summed E-state index contributed by atoms with van der Waals surface area (Å²) in [5, 5.41) is 7.00. The Morgan fingerprint density at radius 1 is 1.29 bits per heavy atom. The van der Waals surface area contributed by atoms with Crippen LogP contribution in [0.25, 0.3) is 0 Å². The van der Waals surface area contributed by atoms with Crippen LogP contribution in [0.5, 0.6) is 0 Å². The Labute approximate surface area is 104 Å². The molecular weight excluding hydrogens is 210 g/mol. The fourth-order valence-electron chi connectivity index (χ4n) is 2.41. The maximum Gasteiger partial charge on any atom is 0.0859 e. The van der Waals surface area contributed by atoms with Crippen LogP contribution in [0.1, 0.15) is 45.7 Å². The molecule has 3 nitrogen and oxygen atoms in total. The second-order valence-electron chi connectivity index (χ2n) is 4.91. The van der Waals surface area contributed by atoms with Gasteiger partial charge in [0.2, 0.25) is 0 Å². The lowest BCUT2D eigenvalue weighted by molar-refractivity contribution is 0.108. The number of hydrogen-bond donors (Lipinski definition) is 0. The number of pyridine rings is 1. The molecule has 0 amide bonds. The van der Waals surface area contributed by atoms with Crippen molar-refractivity contribution in [2.24, 2.45) is 5.10 Å². The van der Waals surface area contributed by atoms with Gasteiger partial charge in [-0.25, -0.2) is 0 Å². The van der Waals surface area contributed by atoms with Crippen molar-refractivity contribution >= 4 is 5.71 Å². The van der Waals surface area contributed by atoms with Gasteiger partial charge in [-0.1, -0.05) is 6.07 Å². The molecule has 1 aliphatic heterocycles. The molecule has 1 aliphatic rings. The van der Waals surface area contributed by atoms with Crippen LogP contribution in [0.2, 0.25) is 0 Å². The van der Waals surface area contributed by atoms with Crippen molar-refractivity contribution < 1.29 is 0 Å². The molecule has 1 saturated heterocycles. The van der Waals surface area contributed by atoms with E-state index in [0.717, 1.165) is 11.4 Å². The molecule has 3 heteroatoms. The van der Waals surface area contributed by atoms with E-state index in [1.807, 2.05) is 31.3 Å². The molecule has 0 saturated carbocycles. The Kier molecular flexibility index (Phi) is 3.77. The SMILES string of the molecule is C/C(=N\N1[C@H](C)CCC[C@@H]1C)c1ccccn1. The van der Waals surface area contributed by atoms with Crippen LogP contribution in [0.15, 0.2) is 29.5 Å². The van der Waals surface area contributed by atoms with Crippen LogP contribution in [0.4, 0.5) is 0 Å². The van der Waals surface area contributed by atoms with Crippen molar-refractivity contribution in [1.29, 1.82) is 0 Å². The minimum Gasteiger partial charge on any atom is -0.291 e. The molecule has 0 bridgehead atoms. The summed E-state index contributed by atoms with van der Waals surface area (Å²) < 4.78 is 0. The molecule has 2 atom stereocenters. The lowest BCUT2D eigenvalue weighted by atomic mass is 10.00. The molecule has 2 heterocycles. The molecule has 0 spiro atoms. The van der Waals surface area contributed by atoms with Gasteiger partial charge in [-0.15, -0.1) is 0 Å². The number of hydrogen-bond acceptors (Lipinski definition) is 3. The average Bonchev–Trinajstić information content (AvgIpc) is 2.35. The van der Waals surface area contributed by atoms with Crippen LogP contribution in [-0.4, -0.2) is 27.8 Å². The Morgan fingerprint density at radius 3 is 2.59 bits per heavy atom. The van der Waals surface area contributed by atoms with Gasteiger partial charge < -0.3 is 0 Å². The molecule has 1 aromatic rings. The van der Waals surface area contributed by atoms with Gasteiger partial charge in [-0.05, 0) is 52.2 Å². The first-order valence-electron chi connectivity index (χ1n) is 6.43. The van der Waals surface area contributed by atoms with E-state index in [1.165, 1.54) is 19.3 Å². The van der Waals surface area contributed by atoms with Crippen LogP contribution >= 0.6 is 0 Å². The van der Waals surface area contributed by atoms with Gasteiger partial charge in [0.05, 0.1) is 11.4 Å². The first kappa shape index (κ1) is 12.1. The summed E-state index contributed by atoms with van der Waals surface area (Å²) in [5.74, 6) is 0. The van der Waals surface area contributed by atoms with Crippen LogP contribution in [0.3, 0.4) is 0 Å². The highest BCUT2D eigenvalue weighted by Crippen LogP contribution is 2.23. The first-order valence-corrected chi connectivity index (χ1v) is 6.43. The van der Waals surface area contributed by atoms with Gasteiger partial charge in [0, 0.05) is 18.3 Å². The second kappa shape index (κ2) is 5.30. The molecule has 0 N–H and O–H groups in total. The highest BCUT2D eigenvalue weighted by molar-refractivity contribution is 5.96. The number of hydrazone groups is 1. The first-order chi connectivity index (χ1) is 8.18. The quantitative estimate of drug-likeness (QED) is 0.732. The lowest BCUT2D eigenvalue weighted by Gasteiger charge is -2.37. The van der Waals surface area contributed by atoms with Crippen molar-refractivity contribution in [3.05, 3.63) is 30.1 Å². The molecular formula is C14H21N3. The third-order valence-electron chi connectivity index (χ3n) is 3.45. The summed E-state index contributed by atoms with van der Waals surface area (Å²) in [5.41, 5.74) is 1.98. The number of aromatic nitrogens is 1. The second-order valence-corrected chi connectivity index (χ2v) is 4.91. The van der Waals surface area contributed by atoms with Gasteiger partial charge in [0.25, 0.3) is 0 Å². The fraction of sp³-hybridized carbons (Fsp3) is 0.571. The number of nitrogens with zero attached hydrogens (tertiary/aromatic N) is 3. The maximum absolute atomic E-state index is 4.76. The Balaban J connectivity index is 2.17. The summed E-state index contributed by atoms with van der Waals surface area (Å²) in [7, 11) is 0. The van der Waals surface area contributed by atoms with Crippen molar-refractivity contribution in [1.82, 2.24) is 9.99 Å². The third-order valence-corrected chi connectivity index (χ3v) is 3.45. The van der Waals surface area contributed by atoms with E-state index in [-0.39, 0.29) is 0 Å². The van der Waals surface area contributed by atoms with E-state index in [4.69, 9.17) is 5.10 Å². The Morgan fingerprint density at radius 2 is 2.00 bits per heavy atom. The van der Waals surface area contributed by atoms with Crippen LogP contribution in [0, 0.1) is 0 Å². The molecule has 0 unspecified atom stereocenters. The highest BCUT2D eigenvalue weighted by Gasteiger charge is 2.23. The summed E-state index contributed by atoms with van der Waals surface area (Å²) in [4.78, 5) is 4.34. The normalized spacial score (nSPS) is 26.1. The maximum atomic E-state index is 4.76. The van der Waals surface area contributed by atoms with Gasteiger partial charge in [-0.3, -0.25) is 9.99 Å². The Hall–Kier alpha value is -1.38. The predicted molar refractivity (Wildman–Crippen MR) is 71.1 cm³/mol. The van der Waals surface area contributed by atoms with Gasteiger partial charge in [-0.2, -0.15) is 5.10 Å². The lowest BCUT2D eigenvalue weighted by Crippen LogP contribution is -2.40. The van der Waals surface area contributed by atoms with Gasteiger partial charge in [0.1, 0.15) is 0 Å². The van der Waals surface area contributed by atoms with Crippen LogP contribution in [-0.2, 0) is 0 Å². The van der Waals surface area contributed by atoms with E-state index in [1.54, 1.807) is 0 Å². The minimum absolute atomic E-state index is 0.539. The zero-order chi connectivity index (χ0) is 12.3. The molecule has 0 radical (unpaired) electrons. The molecule has 1 aromatic heterocycles. The molecule has 17 heavy (non-hydrogen) atoms. The summed E-state index contributed by atoms with van der Waals surface area (Å²) in [6.07, 6.45) is 5.61. The van der Waals surface area contributed by atoms with Crippen LogP contribution < -0.4 is 0 Å². The zero-order valence-corrected chi connectivity index (χ0v) is 10.9. The van der Waals surface area contributed by atoms with E-state index in [0.29, 0.717) is 12.1 Å². The topological polar surface area (TPSA) is 28.5 Å². The largest absolute Gasteiger partial charge is 0.291 e. The number of piperidine rings is 1.